The fraction of sp³-hybridized carbons (Fsp3) is 0.350. The fourth-order valence-electron chi connectivity index (χ4n) is 2.60. The lowest BCUT2D eigenvalue weighted by Crippen LogP contribution is -2.28. The highest BCUT2D eigenvalue weighted by Gasteiger charge is 2.18. The fourth-order valence-corrected chi connectivity index (χ4v) is 3.18. The normalized spacial score (nSPS) is 13.1. The van der Waals surface area contributed by atoms with E-state index in [0.29, 0.717) is 0 Å². The van der Waals surface area contributed by atoms with Crippen molar-refractivity contribution in [2.75, 3.05) is 11.0 Å². The van der Waals surface area contributed by atoms with Crippen LogP contribution in [-0.2, 0) is 15.4 Å². The Bertz CT molecular complexity index is 882. The van der Waals surface area contributed by atoms with Crippen molar-refractivity contribution < 1.29 is 13.2 Å². The van der Waals surface area contributed by atoms with E-state index in [0.717, 1.165) is 11.8 Å². The molecule has 2 rings (SSSR count). The summed E-state index contributed by atoms with van der Waals surface area (Å²) in [7, 11) is -3.46. The molecule has 0 aliphatic heterocycles. The number of carbonyl (C=O) groups excluding carboxylic acids is 1. The number of nitrogens with one attached hydrogen (secondary N) is 2. The van der Waals surface area contributed by atoms with Crippen LogP contribution in [0.5, 0.6) is 0 Å². The number of anilines is 1. The van der Waals surface area contributed by atoms with Gasteiger partial charge in [0.05, 0.1) is 23.5 Å². The molecule has 26 heavy (non-hydrogen) atoms. The van der Waals surface area contributed by atoms with Gasteiger partial charge in [0.25, 0.3) is 5.91 Å². The highest BCUT2D eigenvalue weighted by molar-refractivity contribution is 7.92. The molecule has 0 aliphatic rings. The van der Waals surface area contributed by atoms with Gasteiger partial charge < -0.3 is 5.32 Å². The first-order chi connectivity index (χ1) is 12.0. The maximum absolute atomic E-state index is 12.6. The van der Waals surface area contributed by atoms with E-state index < -0.39 is 10.0 Å². The van der Waals surface area contributed by atoms with Crippen LogP contribution in [0.2, 0.25) is 0 Å². The Morgan fingerprint density at radius 1 is 1.00 bits per heavy atom. The van der Waals surface area contributed by atoms with Crippen LogP contribution in [0.15, 0.2) is 48.5 Å². The maximum Gasteiger partial charge on any atom is 0.253 e. The van der Waals surface area contributed by atoms with Gasteiger partial charge in [0.1, 0.15) is 0 Å². The molecule has 0 unspecified atom stereocenters. The van der Waals surface area contributed by atoms with Crippen molar-refractivity contribution in [3.63, 3.8) is 0 Å². The minimum Gasteiger partial charge on any atom is -0.345 e. The molecule has 5 nitrogen and oxygen atoms in total. The lowest BCUT2D eigenvalue weighted by molar-refractivity contribution is 0.0941. The molecule has 0 aromatic heterocycles. The molecule has 0 aliphatic carbocycles. The van der Waals surface area contributed by atoms with Crippen LogP contribution in [-0.4, -0.2) is 20.6 Å². The van der Waals surface area contributed by atoms with E-state index >= 15 is 0 Å². The Morgan fingerprint density at radius 2 is 1.58 bits per heavy atom. The zero-order valence-corrected chi connectivity index (χ0v) is 16.6. The summed E-state index contributed by atoms with van der Waals surface area (Å²) < 4.78 is 25.4. The smallest absolute Gasteiger partial charge is 0.253 e. The molecule has 2 N–H and O–H groups in total. The van der Waals surface area contributed by atoms with Crippen LogP contribution in [0, 0.1) is 0 Å². The van der Waals surface area contributed by atoms with Gasteiger partial charge in [-0.05, 0) is 35.6 Å². The van der Waals surface area contributed by atoms with Gasteiger partial charge in [-0.1, -0.05) is 57.2 Å². The average molecular weight is 375 g/mol. The highest BCUT2D eigenvalue weighted by Crippen LogP contribution is 2.24. The van der Waals surface area contributed by atoms with Crippen LogP contribution < -0.4 is 10.0 Å². The van der Waals surface area contributed by atoms with E-state index in [2.05, 4.69) is 42.9 Å². The number of carbonyl (C=O) groups is 1. The molecular weight excluding hydrogens is 348 g/mol. The van der Waals surface area contributed by atoms with E-state index in [1.165, 1.54) is 5.56 Å². The molecule has 0 saturated heterocycles. The predicted molar refractivity (Wildman–Crippen MR) is 106 cm³/mol. The first-order valence-corrected chi connectivity index (χ1v) is 10.3. The highest BCUT2D eigenvalue weighted by atomic mass is 32.2. The summed E-state index contributed by atoms with van der Waals surface area (Å²) in [6.07, 6.45) is 1.06. The van der Waals surface area contributed by atoms with Gasteiger partial charge >= 0.3 is 0 Å². The molecule has 1 atom stereocenters. The summed E-state index contributed by atoms with van der Waals surface area (Å²) in [6, 6.07) is 14.5. The lowest BCUT2D eigenvalue weighted by atomic mass is 9.86. The zero-order chi connectivity index (χ0) is 19.5. The standard InChI is InChI=1S/C20H26N2O3S/c1-14(15-10-12-16(13-11-15)20(2,3)4)21-19(23)17-8-6-7-9-18(17)22-26(5,24)25/h6-14,22H,1-5H3,(H,21,23)/t14-/m0/s1. The third-order valence-corrected chi connectivity index (χ3v) is 4.68. The van der Waals surface area contributed by atoms with Gasteiger partial charge in [0.15, 0.2) is 0 Å². The van der Waals surface area contributed by atoms with E-state index in [4.69, 9.17) is 0 Å². The lowest BCUT2D eigenvalue weighted by Gasteiger charge is -2.21. The summed E-state index contributed by atoms with van der Waals surface area (Å²) in [4.78, 5) is 12.6. The van der Waals surface area contributed by atoms with E-state index in [-0.39, 0.29) is 28.6 Å². The van der Waals surface area contributed by atoms with Gasteiger partial charge in [-0.2, -0.15) is 0 Å². The van der Waals surface area contributed by atoms with Crippen LogP contribution in [0.25, 0.3) is 0 Å². The Labute approximate surface area is 155 Å². The van der Waals surface area contributed by atoms with Crippen molar-refractivity contribution in [2.45, 2.75) is 39.2 Å². The predicted octanol–water partition coefficient (Wildman–Crippen LogP) is 3.85. The second-order valence-corrected chi connectivity index (χ2v) is 9.24. The second kappa shape index (κ2) is 7.50. The monoisotopic (exact) mass is 374 g/mol. The van der Waals surface area contributed by atoms with E-state index in [1.807, 2.05) is 19.1 Å². The van der Waals surface area contributed by atoms with Gasteiger partial charge in [0.2, 0.25) is 10.0 Å². The molecule has 2 aromatic carbocycles. The molecule has 0 radical (unpaired) electrons. The van der Waals surface area contributed by atoms with Crippen LogP contribution in [0.4, 0.5) is 5.69 Å². The molecule has 2 aromatic rings. The van der Waals surface area contributed by atoms with Crippen LogP contribution in [0.3, 0.4) is 0 Å². The van der Waals surface area contributed by atoms with Crippen LogP contribution in [0.1, 0.15) is 55.2 Å². The quantitative estimate of drug-likeness (QED) is 0.835. The number of sulfonamides is 1. The Hall–Kier alpha value is -2.34. The maximum atomic E-state index is 12.6. The minimum atomic E-state index is -3.46. The third-order valence-electron chi connectivity index (χ3n) is 4.09. The zero-order valence-electron chi connectivity index (χ0n) is 15.8. The van der Waals surface area contributed by atoms with Gasteiger partial charge in [-0.25, -0.2) is 8.42 Å². The number of para-hydroxylation sites is 1. The summed E-state index contributed by atoms with van der Waals surface area (Å²) in [5.41, 5.74) is 2.84. The molecule has 0 heterocycles. The molecule has 0 spiro atoms. The topological polar surface area (TPSA) is 75.3 Å². The van der Waals surface area contributed by atoms with Crippen LogP contribution >= 0.6 is 0 Å². The van der Waals surface area contributed by atoms with Gasteiger partial charge in [0, 0.05) is 0 Å². The number of benzene rings is 2. The molecule has 1 amide bonds. The first-order valence-electron chi connectivity index (χ1n) is 8.45. The molecule has 140 valence electrons. The summed E-state index contributed by atoms with van der Waals surface area (Å²) in [5.74, 6) is -0.329. The largest absolute Gasteiger partial charge is 0.345 e. The summed E-state index contributed by atoms with van der Waals surface area (Å²) in [6.45, 7) is 8.35. The number of amides is 1. The van der Waals surface area contributed by atoms with E-state index in [1.54, 1.807) is 24.3 Å². The van der Waals surface area contributed by atoms with Crippen molar-refractivity contribution in [1.29, 1.82) is 0 Å². The number of hydrogen-bond acceptors (Lipinski definition) is 3. The Balaban J connectivity index is 2.17. The van der Waals surface area contributed by atoms with Gasteiger partial charge in [-0.3, -0.25) is 9.52 Å². The van der Waals surface area contributed by atoms with Gasteiger partial charge in [-0.15, -0.1) is 0 Å². The first kappa shape index (κ1) is 20.0. The Kier molecular flexibility index (Phi) is 5.76. The van der Waals surface area contributed by atoms with Crippen molar-refractivity contribution in [3.05, 3.63) is 65.2 Å². The SMILES string of the molecule is C[C@H](NC(=O)c1ccccc1NS(C)(=O)=O)c1ccc(C(C)(C)C)cc1. The number of rotatable bonds is 5. The van der Waals surface area contributed by atoms with Crippen molar-refractivity contribution in [2.24, 2.45) is 0 Å². The minimum absolute atomic E-state index is 0.0707. The van der Waals surface area contributed by atoms with E-state index in [9.17, 15) is 13.2 Å². The second-order valence-electron chi connectivity index (χ2n) is 7.49. The van der Waals surface area contributed by atoms with Crippen molar-refractivity contribution in [1.82, 2.24) is 5.32 Å². The number of hydrogen-bond donors (Lipinski definition) is 2. The molecule has 6 heteroatoms. The Morgan fingerprint density at radius 3 is 2.12 bits per heavy atom. The molecule has 0 bridgehead atoms. The molecule has 0 saturated carbocycles. The molecular formula is C20H26N2O3S. The third kappa shape index (κ3) is 5.33. The summed E-state index contributed by atoms with van der Waals surface area (Å²) in [5, 5.41) is 2.92. The molecule has 0 fully saturated rings. The van der Waals surface area contributed by atoms with Crippen molar-refractivity contribution >= 4 is 21.6 Å². The average Bonchev–Trinajstić information content (AvgIpc) is 2.53. The summed E-state index contributed by atoms with van der Waals surface area (Å²) >= 11 is 0. The van der Waals surface area contributed by atoms with Crippen molar-refractivity contribution in [3.8, 4) is 0 Å².